The number of hydrogen-bond donors (Lipinski definition) is 3. The van der Waals surface area contributed by atoms with Crippen LogP contribution in [0.1, 0.15) is 26.7 Å². The minimum Gasteiger partial charge on any atom is -0.383 e. The standard InChI is InChI=1S/C17H23N5O5/c1-3-17(4-2)15(24)21(16(25)20-17)11-14(23)19-10-9-18-12-5-7-13(8-6-12)22(26)27/h5-8,18H,3-4,9-11H2,1-2H3,(H,19,23)(H,20,25). The first-order valence-corrected chi connectivity index (χ1v) is 8.72. The molecule has 1 heterocycles. The molecule has 0 aliphatic carbocycles. The Bertz CT molecular complexity index is 730. The van der Waals surface area contributed by atoms with E-state index in [1.165, 1.54) is 12.1 Å². The van der Waals surface area contributed by atoms with Crippen molar-refractivity contribution in [2.24, 2.45) is 0 Å². The third kappa shape index (κ3) is 4.52. The number of imide groups is 1. The highest BCUT2D eigenvalue weighted by molar-refractivity contribution is 6.08. The predicted molar refractivity (Wildman–Crippen MR) is 98.2 cm³/mol. The maximum Gasteiger partial charge on any atom is 0.325 e. The molecule has 1 saturated heterocycles. The van der Waals surface area contributed by atoms with Crippen molar-refractivity contribution in [1.29, 1.82) is 0 Å². The highest BCUT2D eigenvalue weighted by Crippen LogP contribution is 2.24. The Morgan fingerprint density at radius 2 is 1.81 bits per heavy atom. The summed E-state index contributed by atoms with van der Waals surface area (Å²) in [6, 6.07) is 5.35. The van der Waals surface area contributed by atoms with Gasteiger partial charge in [0.2, 0.25) is 5.91 Å². The predicted octanol–water partition coefficient (Wildman–Crippen LogP) is 1.23. The van der Waals surface area contributed by atoms with Gasteiger partial charge in [0.1, 0.15) is 12.1 Å². The topological polar surface area (TPSA) is 134 Å². The van der Waals surface area contributed by atoms with E-state index >= 15 is 0 Å². The summed E-state index contributed by atoms with van der Waals surface area (Å²) in [6.45, 7) is 3.96. The van der Waals surface area contributed by atoms with Crippen LogP contribution in [0.5, 0.6) is 0 Å². The summed E-state index contributed by atoms with van der Waals surface area (Å²) in [5.74, 6) is -0.816. The van der Waals surface area contributed by atoms with Gasteiger partial charge in [-0.3, -0.25) is 24.6 Å². The fourth-order valence-corrected chi connectivity index (χ4v) is 2.86. The molecule has 0 aromatic heterocycles. The van der Waals surface area contributed by atoms with E-state index in [0.29, 0.717) is 25.1 Å². The molecule has 0 unspecified atom stereocenters. The van der Waals surface area contributed by atoms with Gasteiger partial charge in [0.15, 0.2) is 0 Å². The van der Waals surface area contributed by atoms with Gasteiger partial charge in [-0.2, -0.15) is 0 Å². The number of nitrogens with one attached hydrogen (secondary N) is 3. The van der Waals surface area contributed by atoms with E-state index in [2.05, 4.69) is 16.0 Å². The number of hydrogen-bond acceptors (Lipinski definition) is 6. The van der Waals surface area contributed by atoms with E-state index < -0.39 is 22.4 Å². The summed E-state index contributed by atoms with van der Waals surface area (Å²) in [7, 11) is 0. The molecule has 10 nitrogen and oxygen atoms in total. The first-order chi connectivity index (χ1) is 12.8. The van der Waals surface area contributed by atoms with Crippen molar-refractivity contribution in [2.75, 3.05) is 25.0 Å². The fraction of sp³-hybridized carbons (Fsp3) is 0.471. The van der Waals surface area contributed by atoms with Gasteiger partial charge in [-0.15, -0.1) is 0 Å². The van der Waals surface area contributed by atoms with Gasteiger partial charge in [-0.25, -0.2) is 4.79 Å². The molecule has 27 heavy (non-hydrogen) atoms. The van der Waals surface area contributed by atoms with Gasteiger partial charge in [0.05, 0.1) is 4.92 Å². The summed E-state index contributed by atoms with van der Waals surface area (Å²) >= 11 is 0. The average molecular weight is 377 g/mol. The van der Waals surface area contributed by atoms with Crippen LogP contribution in [0, 0.1) is 10.1 Å². The largest absolute Gasteiger partial charge is 0.383 e. The molecular weight excluding hydrogens is 354 g/mol. The number of carbonyl (C=O) groups excluding carboxylic acids is 3. The second-order valence-corrected chi connectivity index (χ2v) is 6.19. The Balaban J connectivity index is 1.77. The zero-order valence-corrected chi connectivity index (χ0v) is 15.3. The molecule has 0 spiro atoms. The monoisotopic (exact) mass is 377 g/mol. The van der Waals surface area contributed by atoms with Gasteiger partial charge < -0.3 is 16.0 Å². The van der Waals surface area contributed by atoms with E-state index in [-0.39, 0.29) is 24.7 Å². The molecule has 0 saturated carbocycles. The lowest BCUT2D eigenvalue weighted by Crippen LogP contribution is -2.46. The van der Waals surface area contributed by atoms with Crippen LogP contribution >= 0.6 is 0 Å². The highest BCUT2D eigenvalue weighted by atomic mass is 16.6. The van der Waals surface area contributed by atoms with Crippen molar-refractivity contribution < 1.29 is 19.3 Å². The number of carbonyl (C=O) groups is 3. The lowest BCUT2D eigenvalue weighted by molar-refractivity contribution is -0.384. The molecular formula is C17H23N5O5. The number of nitrogens with zero attached hydrogens (tertiary/aromatic N) is 2. The smallest absolute Gasteiger partial charge is 0.325 e. The van der Waals surface area contributed by atoms with Crippen LogP contribution in [0.15, 0.2) is 24.3 Å². The fourth-order valence-electron chi connectivity index (χ4n) is 2.86. The van der Waals surface area contributed by atoms with Gasteiger partial charge >= 0.3 is 6.03 Å². The minimum atomic E-state index is -0.922. The number of nitro benzene ring substituents is 1. The molecule has 0 bridgehead atoms. The number of non-ortho nitro benzene ring substituents is 1. The van der Waals surface area contributed by atoms with E-state index in [4.69, 9.17) is 0 Å². The molecule has 1 aliphatic heterocycles. The number of amides is 4. The molecule has 2 rings (SSSR count). The van der Waals surface area contributed by atoms with Crippen LogP contribution in [-0.2, 0) is 9.59 Å². The second kappa shape index (κ2) is 8.47. The summed E-state index contributed by atoms with van der Waals surface area (Å²) in [4.78, 5) is 47.5. The first kappa shape index (κ1) is 20.1. The van der Waals surface area contributed by atoms with Crippen LogP contribution in [0.25, 0.3) is 0 Å². The van der Waals surface area contributed by atoms with E-state index in [0.717, 1.165) is 4.90 Å². The molecule has 10 heteroatoms. The zero-order valence-electron chi connectivity index (χ0n) is 15.3. The summed E-state index contributed by atoms with van der Waals surface area (Å²) in [5, 5.41) is 18.9. The highest BCUT2D eigenvalue weighted by Gasteiger charge is 2.49. The third-order valence-electron chi connectivity index (χ3n) is 4.61. The second-order valence-electron chi connectivity index (χ2n) is 6.19. The SMILES string of the molecule is CCC1(CC)NC(=O)N(CC(=O)NCCNc2ccc([N+](=O)[O-])cc2)C1=O. The number of benzene rings is 1. The lowest BCUT2D eigenvalue weighted by atomic mass is 9.93. The minimum absolute atomic E-state index is 0.00218. The number of anilines is 1. The van der Waals surface area contributed by atoms with Crippen LogP contribution in [0.4, 0.5) is 16.2 Å². The number of nitro groups is 1. The lowest BCUT2D eigenvalue weighted by Gasteiger charge is -2.23. The van der Waals surface area contributed by atoms with Crippen LogP contribution < -0.4 is 16.0 Å². The molecule has 3 N–H and O–H groups in total. The first-order valence-electron chi connectivity index (χ1n) is 8.72. The normalized spacial score (nSPS) is 15.4. The maximum atomic E-state index is 12.4. The van der Waals surface area contributed by atoms with Crippen LogP contribution in [0.3, 0.4) is 0 Å². The molecule has 0 radical (unpaired) electrons. The van der Waals surface area contributed by atoms with Crippen LogP contribution in [0.2, 0.25) is 0 Å². The Labute approximate surface area is 156 Å². The molecule has 0 atom stereocenters. The van der Waals surface area contributed by atoms with Crippen molar-refractivity contribution >= 4 is 29.2 Å². The van der Waals surface area contributed by atoms with Crippen molar-refractivity contribution in [3.05, 3.63) is 34.4 Å². The van der Waals surface area contributed by atoms with Gasteiger partial charge in [-0.1, -0.05) is 13.8 Å². The maximum absolute atomic E-state index is 12.4. The Morgan fingerprint density at radius 1 is 1.19 bits per heavy atom. The zero-order chi connectivity index (χ0) is 20.0. The molecule has 146 valence electrons. The Hall–Kier alpha value is -3.17. The van der Waals surface area contributed by atoms with Crippen molar-refractivity contribution in [2.45, 2.75) is 32.2 Å². The Kier molecular flexibility index (Phi) is 6.32. The van der Waals surface area contributed by atoms with Gasteiger partial charge in [0, 0.05) is 30.9 Å². The van der Waals surface area contributed by atoms with Gasteiger partial charge in [-0.05, 0) is 25.0 Å². The van der Waals surface area contributed by atoms with E-state index in [1.54, 1.807) is 12.1 Å². The van der Waals surface area contributed by atoms with Crippen molar-refractivity contribution in [3.63, 3.8) is 0 Å². The molecule has 1 aromatic carbocycles. The Morgan fingerprint density at radius 3 is 2.33 bits per heavy atom. The van der Waals surface area contributed by atoms with Crippen LogP contribution in [-0.4, -0.2) is 52.8 Å². The van der Waals surface area contributed by atoms with Crippen molar-refractivity contribution in [1.82, 2.24) is 15.5 Å². The number of rotatable bonds is 9. The molecule has 1 aliphatic rings. The van der Waals surface area contributed by atoms with Crippen molar-refractivity contribution in [3.8, 4) is 0 Å². The average Bonchev–Trinajstić information content (AvgIpc) is 2.90. The molecule has 4 amide bonds. The summed E-state index contributed by atoms with van der Waals surface area (Å²) in [6.07, 6.45) is 0.927. The van der Waals surface area contributed by atoms with Gasteiger partial charge in [0.25, 0.3) is 11.6 Å². The van der Waals surface area contributed by atoms with E-state index in [9.17, 15) is 24.5 Å². The summed E-state index contributed by atoms with van der Waals surface area (Å²) < 4.78 is 0. The van der Waals surface area contributed by atoms with E-state index in [1.807, 2.05) is 13.8 Å². The summed E-state index contributed by atoms with van der Waals surface area (Å²) in [5.41, 5.74) is -0.244. The molecule has 1 aromatic rings. The third-order valence-corrected chi connectivity index (χ3v) is 4.61. The number of urea groups is 1. The quantitative estimate of drug-likeness (QED) is 0.256. The molecule has 1 fully saturated rings.